The summed E-state index contributed by atoms with van der Waals surface area (Å²) in [6.07, 6.45) is 0.632. The Morgan fingerprint density at radius 3 is 2.11 bits per heavy atom. The molecule has 0 aliphatic heterocycles. The number of furan rings is 1. The molecule has 0 saturated carbocycles. The molecule has 0 radical (unpaired) electrons. The minimum absolute atomic E-state index is 0.0862. The van der Waals surface area contributed by atoms with Gasteiger partial charge in [-0.25, -0.2) is 9.59 Å². The second-order valence-electron chi connectivity index (χ2n) is 5.66. The Labute approximate surface area is 155 Å². The van der Waals surface area contributed by atoms with Crippen LogP contribution in [0.4, 0.5) is 0 Å². The Balaban J connectivity index is 1.61. The third-order valence-corrected chi connectivity index (χ3v) is 3.89. The van der Waals surface area contributed by atoms with E-state index in [4.69, 9.17) is 9.15 Å². The van der Waals surface area contributed by atoms with Crippen LogP contribution >= 0.6 is 0 Å². The van der Waals surface area contributed by atoms with E-state index in [-0.39, 0.29) is 12.4 Å². The van der Waals surface area contributed by atoms with Crippen LogP contribution in [0, 0.1) is 0 Å². The lowest BCUT2D eigenvalue weighted by Gasteiger charge is -2.06. The van der Waals surface area contributed by atoms with E-state index in [1.54, 1.807) is 60.7 Å². The van der Waals surface area contributed by atoms with E-state index in [0.29, 0.717) is 23.2 Å². The summed E-state index contributed by atoms with van der Waals surface area (Å²) in [6, 6.07) is 16.6. The molecule has 0 N–H and O–H groups in total. The molecule has 0 saturated heterocycles. The van der Waals surface area contributed by atoms with Gasteiger partial charge in [0.2, 0.25) is 0 Å². The van der Waals surface area contributed by atoms with E-state index in [0.717, 1.165) is 11.1 Å². The number of benzene rings is 2. The van der Waals surface area contributed by atoms with Gasteiger partial charge in [0.05, 0.1) is 18.2 Å². The van der Waals surface area contributed by atoms with Crippen molar-refractivity contribution in [2.45, 2.75) is 6.61 Å². The number of hydrogen-bond donors (Lipinski definition) is 0. The number of hydrogen-bond acceptors (Lipinski definition) is 6. The van der Waals surface area contributed by atoms with Crippen LogP contribution in [-0.2, 0) is 16.1 Å². The summed E-state index contributed by atoms with van der Waals surface area (Å²) in [5.74, 6) is -0.100. The SMILES string of the molecule is COC(=O)c1ccc(COC(=O)c2ccc(-c3ccc(C=O)o3)cc2)cc1. The van der Waals surface area contributed by atoms with E-state index >= 15 is 0 Å². The van der Waals surface area contributed by atoms with Crippen LogP contribution in [0.1, 0.15) is 36.8 Å². The van der Waals surface area contributed by atoms with E-state index < -0.39 is 11.9 Å². The first-order chi connectivity index (χ1) is 13.1. The van der Waals surface area contributed by atoms with Gasteiger partial charge in [0.25, 0.3) is 0 Å². The third kappa shape index (κ3) is 4.30. The number of aldehydes is 1. The molecule has 6 heteroatoms. The van der Waals surface area contributed by atoms with Crippen molar-refractivity contribution in [3.63, 3.8) is 0 Å². The van der Waals surface area contributed by atoms with Gasteiger partial charge < -0.3 is 13.9 Å². The van der Waals surface area contributed by atoms with Gasteiger partial charge in [0, 0.05) is 5.56 Å². The van der Waals surface area contributed by atoms with Crippen LogP contribution in [0.25, 0.3) is 11.3 Å². The summed E-state index contributed by atoms with van der Waals surface area (Å²) in [5, 5.41) is 0. The van der Waals surface area contributed by atoms with Gasteiger partial charge >= 0.3 is 11.9 Å². The number of methoxy groups -OCH3 is 1. The molecule has 0 amide bonds. The smallest absolute Gasteiger partial charge is 0.338 e. The molecular weight excluding hydrogens is 348 g/mol. The van der Waals surface area contributed by atoms with Crippen LogP contribution in [-0.4, -0.2) is 25.3 Å². The largest absolute Gasteiger partial charge is 0.465 e. The average Bonchev–Trinajstić information content (AvgIpc) is 3.21. The Morgan fingerprint density at radius 1 is 0.889 bits per heavy atom. The second kappa shape index (κ2) is 8.14. The van der Waals surface area contributed by atoms with Crippen LogP contribution in [0.15, 0.2) is 65.1 Å². The molecule has 1 heterocycles. The highest BCUT2D eigenvalue weighted by Gasteiger charge is 2.10. The summed E-state index contributed by atoms with van der Waals surface area (Å²) in [5.41, 5.74) is 2.33. The van der Waals surface area contributed by atoms with Crippen LogP contribution < -0.4 is 0 Å². The number of carbonyl (C=O) groups excluding carboxylic acids is 3. The number of esters is 2. The first-order valence-corrected chi connectivity index (χ1v) is 8.10. The summed E-state index contributed by atoms with van der Waals surface area (Å²) < 4.78 is 15.3. The lowest BCUT2D eigenvalue weighted by molar-refractivity contribution is 0.0471. The predicted molar refractivity (Wildman–Crippen MR) is 96.4 cm³/mol. The molecule has 1 aromatic heterocycles. The van der Waals surface area contributed by atoms with E-state index in [2.05, 4.69) is 4.74 Å². The van der Waals surface area contributed by atoms with Crippen molar-refractivity contribution in [2.75, 3.05) is 7.11 Å². The molecular formula is C21H16O6. The minimum Gasteiger partial charge on any atom is -0.465 e. The Morgan fingerprint density at radius 2 is 1.52 bits per heavy atom. The fraction of sp³-hybridized carbons (Fsp3) is 0.0952. The highest BCUT2D eigenvalue weighted by molar-refractivity contribution is 5.90. The predicted octanol–water partition coefficient (Wildman–Crippen LogP) is 3.90. The van der Waals surface area contributed by atoms with E-state index in [1.807, 2.05) is 0 Å². The molecule has 0 aliphatic carbocycles. The zero-order chi connectivity index (χ0) is 19.2. The van der Waals surface area contributed by atoms with Gasteiger partial charge in [-0.3, -0.25) is 4.79 Å². The normalized spacial score (nSPS) is 10.3. The molecule has 2 aromatic carbocycles. The minimum atomic E-state index is -0.466. The summed E-state index contributed by atoms with van der Waals surface area (Å²) in [7, 11) is 1.32. The van der Waals surface area contributed by atoms with E-state index in [9.17, 15) is 14.4 Å². The van der Waals surface area contributed by atoms with Gasteiger partial charge in [-0.15, -0.1) is 0 Å². The van der Waals surface area contributed by atoms with Crippen molar-refractivity contribution in [2.24, 2.45) is 0 Å². The van der Waals surface area contributed by atoms with Crippen LogP contribution in [0.5, 0.6) is 0 Å². The number of carbonyl (C=O) groups is 3. The van der Waals surface area contributed by atoms with E-state index in [1.165, 1.54) is 7.11 Å². The maximum Gasteiger partial charge on any atom is 0.338 e. The Bertz CT molecular complexity index is 951. The summed E-state index contributed by atoms with van der Waals surface area (Å²) in [6.45, 7) is 0.0862. The highest BCUT2D eigenvalue weighted by atomic mass is 16.5. The average molecular weight is 364 g/mol. The number of ether oxygens (including phenoxy) is 2. The zero-order valence-electron chi connectivity index (χ0n) is 14.5. The first kappa shape index (κ1) is 18.1. The molecule has 3 aromatic rings. The lowest BCUT2D eigenvalue weighted by atomic mass is 10.1. The van der Waals surface area contributed by atoms with Crippen molar-refractivity contribution in [3.8, 4) is 11.3 Å². The van der Waals surface area contributed by atoms with Gasteiger partial charge in [-0.2, -0.15) is 0 Å². The molecule has 0 aliphatic rings. The topological polar surface area (TPSA) is 82.8 Å². The van der Waals surface area contributed by atoms with Crippen molar-refractivity contribution in [3.05, 3.63) is 83.1 Å². The quantitative estimate of drug-likeness (QED) is 0.487. The Hall–Kier alpha value is -3.67. The van der Waals surface area contributed by atoms with Gasteiger partial charge in [-0.1, -0.05) is 24.3 Å². The molecule has 0 spiro atoms. The van der Waals surface area contributed by atoms with Crippen molar-refractivity contribution in [1.29, 1.82) is 0 Å². The number of rotatable bonds is 6. The second-order valence-corrected chi connectivity index (χ2v) is 5.66. The Kier molecular flexibility index (Phi) is 5.47. The standard InChI is InChI=1S/C21H16O6/c1-25-20(23)16-4-2-14(3-5-16)13-26-21(24)17-8-6-15(7-9-17)19-11-10-18(12-22)27-19/h2-12H,13H2,1H3. The summed E-state index contributed by atoms with van der Waals surface area (Å²) in [4.78, 5) is 34.2. The molecule has 3 rings (SSSR count). The molecule has 0 unspecified atom stereocenters. The molecule has 0 fully saturated rings. The fourth-order valence-corrected chi connectivity index (χ4v) is 2.43. The maximum atomic E-state index is 12.2. The van der Waals surface area contributed by atoms with Crippen LogP contribution in [0.2, 0.25) is 0 Å². The van der Waals surface area contributed by atoms with Gasteiger partial charge in [-0.05, 0) is 42.0 Å². The first-order valence-electron chi connectivity index (χ1n) is 8.10. The summed E-state index contributed by atoms with van der Waals surface area (Å²) >= 11 is 0. The third-order valence-electron chi connectivity index (χ3n) is 3.89. The highest BCUT2D eigenvalue weighted by Crippen LogP contribution is 2.22. The van der Waals surface area contributed by atoms with Crippen molar-refractivity contribution < 1.29 is 28.3 Å². The molecule has 0 atom stereocenters. The zero-order valence-corrected chi connectivity index (χ0v) is 14.5. The molecule has 6 nitrogen and oxygen atoms in total. The molecule has 136 valence electrons. The van der Waals surface area contributed by atoms with Gasteiger partial charge in [0.1, 0.15) is 12.4 Å². The fourth-order valence-electron chi connectivity index (χ4n) is 2.43. The van der Waals surface area contributed by atoms with Crippen LogP contribution in [0.3, 0.4) is 0 Å². The molecule has 27 heavy (non-hydrogen) atoms. The monoisotopic (exact) mass is 364 g/mol. The lowest BCUT2D eigenvalue weighted by Crippen LogP contribution is -2.06. The van der Waals surface area contributed by atoms with Crippen molar-refractivity contribution in [1.82, 2.24) is 0 Å². The maximum absolute atomic E-state index is 12.2. The van der Waals surface area contributed by atoms with Gasteiger partial charge in [0.15, 0.2) is 12.0 Å². The molecule has 0 bridgehead atoms. The van der Waals surface area contributed by atoms with Crippen molar-refractivity contribution >= 4 is 18.2 Å².